The summed E-state index contributed by atoms with van der Waals surface area (Å²) >= 11 is 11.8. The topological polar surface area (TPSA) is 26.3 Å². The third-order valence-corrected chi connectivity index (χ3v) is 2.66. The molecule has 0 unspecified atom stereocenters. The second kappa shape index (κ2) is 6.56. The molecule has 0 aliphatic rings. The van der Waals surface area contributed by atoms with Crippen molar-refractivity contribution in [3.63, 3.8) is 0 Å². The Morgan fingerprint density at radius 3 is 2.88 bits per heavy atom. The molecule has 0 amide bonds. The Morgan fingerprint density at radius 1 is 1.44 bits per heavy atom. The summed E-state index contributed by atoms with van der Waals surface area (Å²) in [4.78, 5) is 11.2. The molecular weight excluding hydrogens is 247 g/mol. The molecule has 0 saturated carbocycles. The van der Waals surface area contributed by atoms with Crippen molar-refractivity contribution in [1.29, 1.82) is 0 Å². The van der Waals surface area contributed by atoms with E-state index in [1.165, 1.54) is 6.08 Å². The van der Waals surface area contributed by atoms with Gasteiger partial charge in [0.15, 0.2) is 0 Å². The third-order valence-electron chi connectivity index (χ3n) is 1.83. The summed E-state index contributed by atoms with van der Waals surface area (Å²) in [6.45, 7) is 2.36. The molecule has 0 heterocycles. The first-order valence-electron chi connectivity index (χ1n) is 4.94. The van der Waals surface area contributed by atoms with E-state index in [9.17, 15) is 4.79 Å². The summed E-state index contributed by atoms with van der Waals surface area (Å²) in [5.74, 6) is -0.377. The first-order valence-corrected chi connectivity index (χ1v) is 5.69. The van der Waals surface area contributed by atoms with E-state index in [1.807, 2.05) is 6.92 Å². The molecule has 4 heteroatoms. The number of esters is 1. The Labute approximate surface area is 105 Å². The van der Waals surface area contributed by atoms with Crippen molar-refractivity contribution in [3.8, 4) is 0 Å². The summed E-state index contributed by atoms with van der Waals surface area (Å²) in [6.07, 6.45) is 3.73. The molecule has 16 heavy (non-hydrogen) atoms. The lowest BCUT2D eigenvalue weighted by Crippen LogP contribution is -2.00. The number of carbonyl (C=O) groups excluding carboxylic acids is 1. The molecule has 0 radical (unpaired) electrons. The Hall–Kier alpha value is -0.990. The summed E-state index contributed by atoms with van der Waals surface area (Å²) in [7, 11) is 0. The smallest absolute Gasteiger partial charge is 0.330 e. The molecule has 1 rings (SSSR count). The molecule has 86 valence electrons. The number of ether oxygens (including phenoxy) is 1. The van der Waals surface area contributed by atoms with Crippen LogP contribution in [-0.4, -0.2) is 12.6 Å². The summed E-state index contributed by atoms with van der Waals surface area (Å²) < 4.78 is 4.88. The van der Waals surface area contributed by atoms with Gasteiger partial charge in [-0.05, 0) is 24.1 Å². The predicted octanol–water partition coefficient (Wildman–Crippen LogP) is 3.96. The first-order chi connectivity index (χ1) is 7.65. The van der Waals surface area contributed by atoms with Crippen molar-refractivity contribution in [2.24, 2.45) is 0 Å². The van der Waals surface area contributed by atoms with Gasteiger partial charge in [-0.25, -0.2) is 4.79 Å². The molecule has 1 aromatic rings. The molecule has 0 saturated heterocycles. The SMILES string of the molecule is CCCOC(=O)C=Cc1cccc(Cl)c1Cl. The number of hydrogen-bond acceptors (Lipinski definition) is 2. The second-order valence-electron chi connectivity index (χ2n) is 3.14. The van der Waals surface area contributed by atoms with Crippen LogP contribution in [-0.2, 0) is 9.53 Å². The van der Waals surface area contributed by atoms with Gasteiger partial charge in [0.25, 0.3) is 0 Å². The molecule has 2 nitrogen and oxygen atoms in total. The van der Waals surface area contributed by atoms with Gasteiger partial charge in [0.05, 0.1) is 16.7 Å². The van der Waals surface area contributed by atoms with Crippen LogP contribution < -0.4 is 0 Å². The maximum atomic E-state index is 11.2. The molecule has 1 aromatic carbocycles. The Morgan fingerprint density at radius 2 is 2.19 bits per heavy atom. The molecular formula is C12H12Cl2O2. The maximum absolute atomic E-state index is 11.2. The molecule has 0 spiro atoms. The van der Waals surface area contributed by atoms with Crippen LogP contribution in [0, 0.1) is 0 Å². The van der Waals surface area contributed by atoms with Crippen LogP contribution in [0.4, 0.5) is 0 Å². The highest BCUT2D eigenvalue weighted by molar-refractivity contribution is 6.42. The monoisotopic (exact) mass is 258 g/mol. The fourth-order valence-corrected chi connectivity index (χ4v) is 1.43. The largest absolute Gasteiger partial charge is 0.463 e. The minimum atomic E-state index is -0.377. The third kappa shape index (κ3) is 3.87. The molecule has 0 N–H and O–H groups in total. The van der Waals surface area contributed by atoms with Gasteiger partial charge in [-0.1, -0.05) is 42.3 Å². The quantitative estimate of drug-likeness (QED) is 0.604. The van der Waals surface area contributed by atoms with Gasteiger partial charge in [0, 0.05) is 6.08 Å². The van der Waals surface area contributed by atoms with Gasteiger partial charge < -0.3 is 4.74 Å². The van der Waals surface area contributed by atoms with Crippen LogP contribution in [0.15, 0.2) is 24.3 Å². The number of carbonyl (C=O) groups is 1. The number of halogens is 2. The minimum Gasteiger partial charge on any atom is -0.463 e. The molecule has 0 fully saturated rings. The zero-order chi connectivity index (χ0) is 12.0. The van der Waals surface area contributed by atoms with Crippen molar-refractivity contribution in [1.82, 2.24) is 0 Å². The van der Waals surface area contributed by atoms with Crippen molar-refractivity contribution in [2.45, 2.75) is 13.3 Å². The molecule has 0 aliphatic heterocycles. The van der Waals surface area contributed by atoms with Crippen molar-refractivity contribution >= 4 is 35.2 Å². The summed E-state index contributed by atoms with van der Waals surface area (Å²) in [6, 6.07) is 5.24. The number of rotatable bonds is 4. The van der Waals surface area contributed by atoms with E-state index in [1.54, 1.807) is 24.3 Å². The Kier molecular flexibility index (Phi) is 5.36. The maximum Gasteiger partial charge on any atom is 0.330 e. The van der Waals surface area contributed by atoms with Crippen LogP contribution >= 0.6 is 23.2 Å². The second-order valence-corrected chi connectivity index (χ2v) is 3.93. The molecule has 0 bridgehead atoms. The minimum absolute atomic E-state index is 0.377. The van der Waals surface area contributed by atoms with Crippen LogP contribution in [0.2, 0.25) is 10.0 Å². The van der Waals surface area contributed by atoms with Gasteiger partial charge in [-0.2, -0.15) is 0 Å². The predicted molar refractivity (Wildman–Crippen MR) is 66.7 cm³/mol. The highest BCUT2D eigenvalue weighted by Crippen LogP contribution is 2.26. The fourth-order valence-electron chi connectivity index (χ4n) is 1.06. The van der Waals surface area contributed by atoms with Gasteiger partial charge in [-0.3, -0.25) is 0 Å². The average Bonchev–Trinajstić information content (AvgIpc) is 2.28. The molecule has 0 aromatic heterocycles. The van der Waals surface area contributed by atoms with E-state index in [4.69, 9.17) is 27.9 Å². The highest BCUT2D eigenvalue weighted by Gasteiger charge is 2.02. The molecule has 0 atom stereocenters. The number of hydrogen-bond donors (Lipinski definition) is 0. The van der Waals surface area contributed by atoms with Gasteiger partial charge in [-0.15, -0.1) is 0 Å². The van der Waals surface area contributed by atoms with Gasteiger partial charge >= 0.3 is 5.97 Å². The zero-order valence-electron chi connectivity index (χ0n) is 8.87. The van der Waals surface area contributed by atoms with Gasteiger partial charge in [0.2, 0.25) is 0 Å². The van der Waals surface area contributed by atoms with Crippen LogP contribution in [0.25, 0.3) is 6.08 Å². The van der Waals surface area contributed by atoms with E-state index >= 15 is 0 Å². The van der Waals surface area contributed by atoms with E-state index in [0.717, 1.165) is 6.42 Å². The van der Waals surface area contributed by atoms with E-state index in [2.05, 4.69) is 0 Å². The van der Waals surface area contributed by atoms with E-state index < -0.39 is 0 Å². The lowest BCUT2D eigenvalue weighted by Gasteiger charge is -2.00. The van der Waals surface area contributed by atoms with Crippen molar-refractivity contribution < 1.29 is 9.53 Å². The van der Waals surface area contributed by atoms with Crippen LogP contribution in [0.1, 0.15) is 18.9 Å². The first kappa shape index (κ1) is 13.1. The van der Waals surface area contributed by atoms with Crippen LogP contribution in [0.3, 0.4) is 0 Å². The molecule has 0 aliphatic carbocycles. The summed E-state index contributed by atoms with van der Waals surface area (Å²) in [5, 5.41) is 0.898. The van der Waals surface area contributed by atoms with E-state index in [0.29, 0.717) is 22.2 Å². The zero-order valence-corrected chi connectivity index (χ0v) is 10.4. The van der Waals surface area contributed by atoms with Crippen molar-refractivity contribution in [2.75, 3.05) is 6.61 Å². The van der Waals surface area contributed by atoms with Crippen molar-refractivity contribution in [3.05, 3.63) is 39.9 Å². The lowest BCUT2D eigenvalue weighted by atomic mass is 10.2. The number of benzene rings is 1. The Bertz CT molecular complexity index is 400. The summed E-state index contributed by atoms with van der Waals surface area (Å²) in [5.41, 5.74) is 0.697. The average molecular weight is 259 g/mol. The van der Waals surface area contributed by atoms with E-state index in [-0.39, 0.29) is 5.97 Å². The normalized spacial score (nSPS) is 10.7. The fraction of sp³-hybridized carbons (Fsp3) is 0.250. The van der Waals surface area contributed by atoms with Gasteiger partial charge in [0.1, 0.15) is 0 Å². The standard InChI is InChI=1S/C12H12Cl2O2/c1-2-8-16-11(15)7-6-9-4-3-5-10(13)12(9)14/h3-7H,2,8H2,1H3. The Balaban J connectivity index is 2.69. The highest BCUT2D eigenvalue weighted by atomic mass is 35.5. The lowest BCUT2D eigenvalue weighted by molar-refractivity contribution is -0.137. The van der Waals surface area contributed by atoms with Crippen LogP contribution in [0.5, 0.6) is 0 Å².